The van der Waals surface area contributed by atoms with E-state index < -0.39 is 0 Å². The first-order valence-corrected chi connectivity index (χ1v) is 10.5. The van der Waals surface area contributed by atoms with Crippen LogP contribution in [0.1, 0.15) is 12.0 Å². The largest absolute Gasteiger partial charge is 0.379 e. The number of anilines is 1. The van der Waals surface area contributed by atoms with Crippen LogP contribution in [0.5, 0.6) is 0 Å². The van der Waals surface area contributed by atoms with Gasteiger partial charge < -0.3 is 10.1 Å². The zero-order valence-corrected chi connectivity index (χ0v) is 17.0. The summed E-state index contributed by atoms with van der Waals surface area (Å²) < 4.78 is 6.45. The average molecular weight is 435 g/mol. The van der Waals surface area contributed by atoms with Crippen molar-refractivity contribution in [1.29, 1.82) is 0 Å². The summed E-state index contributed by atoms with van der Waals surface area (Å²) in [5, 5.41) is 3.01. The second-order valence-corrected chi connectivity index (χ2v) is 8.27. The van der Waals surface area contributed by atoms with Gasteiger partial charge in [0.1, 0.15) is 0 Å². The molecule has 1 N–H and O–H groups in total. The predicted molar refractivity (Wildman–Crippen MR) is 111 cm³/mol. The highest BCUT2D eigenvalue weighted by Crippen LogP contribution is 2.21. The second-order valence-electron chi connectivity index (χ2n) is 6.19. The van der Waals surface area contributed by atoms with E-state index >= 15 is 0 Å². The maximum Gasteiger partial charge on any atom is 0.225 e. The summed E-state index contributed by atoms with van der Waals surface area (Å²) in [6, 6.07) is 16.3. The molecule has 0 saturated carbocycles. The highest BCUT2D eigenvalue weighted by Gasteiger charge is 2.11. The zero-order valence-electron chi connectivity index (χ0n) is 14.6. The SMILES string of the molecule is O=C(CCSc1ccc(Br)cc1)Nc1cccc(CN2CCOCC2)c1. The fourth-order valence-corrected chi connectivity index (χ4v) is 3.90. The molecule has 1 fully saturated rings. The van der Waals surface area contributed by atoms with Crippen LogP contribution in [0.15, 0.2) is 57.9 Å². The molecule has 0 spiro atoms. The molecule has 0 unspecified atom stereocenters. The topological polar surface area (TPSA) is 41.6 Å². The third kappa shape index (κ3) is 6.43. The quantitative estimate of drug-likeness (QED) is 0.655. The Hall–Kier alpha value is -1.34. The van der Waals surface area contributed by atoms with Gasteiger partial charge in [-0.3, -0.25) is 9.69 Å². The van der Waals surface area contributed by atoms with E-state index in [0.29, 0.717) is 6.42 Å². The summed E-state index contributed by atoms with van der Waals surface area (Å²) >= 11 is 5.12. The molecule has 138 valence electrons. The monoisotopic (exact) mass is 434 g/mol. The first-order valence-electron chi connectivity index (χ1n) is 8.76. The normalized spacial score (nSPS) is 15.0. The van der Waals surface area contributed by atoms with Crippen molar-refractivity contribution in [3.63, 3.8) is 0 Å². The smallest absolute Gasteiger partial charge is 0.225 e. The van der Waals surface area contributed by atoms with Crippen LogP contribution in [-0.2, 0) is 16.1 Å². The van der Waals surface area contributed by atoms with E-state index in [2.05, 4.69) is 50.4 Å². The van der Waals surface area contributed by atoms with Crippen LogP contribution < -0.4 is 5.32 Å². The molecule has 1 heterocycles. The molecule has 2 aromatic rings. The number of morpholine rings is 1. The van der Waals surface area contributed by atoms with Gasteiger partial charge in [0.25, 0.3) is 0 Å². The Morgan fingerprint density at radius 3 is 2.69 bits per heavy atom. The van der Waals surface area contributed by atoms with Crippen molar-refractivity contribution in [1.82, 2.24) is 4.90 Å². The summed E-state index contributed by atoms with van der Waals surface area (Å²) in [5.74, 6) is 0.819. The molecule has 0 aromatic heterocycles. The number of amides is 1. The van der Waals surface area contributed by atoms with Crippen LogP contribution in [0.25, 0.3) is 0 Å². The maximum absolute atomic E-state index is 12.2. The number of hydrogen-bond donors (Lipinski definition) is 1. The zero-order chi connectivity index (χ0) is 18.2. The van der Waals surface area contributed by atoms with Crippen LogP contribution in [0.4, 0.5) is 5.69 Å². The molecule has 1 amide bonds. The van der Waals surface area contributed by atoms with Crippen LogP contribution in [0, 0.1) is 0 Å². The van der Waals surface area contributed by atoms with Gasteiger partial charge in [0.15, 0.2) is 0 Å². The number of carbonyl (C=O) groups excluding carboxylic acids is 1. The number of nitrogens with zero attached hydrogens (tertiary/aromatic N) is 1. The fraction of sp³-hybridized carbons (Fsp3) is 0.350. The molecule has 1 aliphatic rings. The summed E-state index contributed by atoms with van der Waals surface area (Å²) in [6.45, 7) is 4.42. The molecule has 1 aliphatic heterocycles. The summed E-state index contributed by atoms with van der Waals surface area (Å²) in [6.07, 6.45) is 0.494. The summed E-state index contributed by atoms with van der Waals surface area (Å²) in [7, 11) is 0. The number of halogens is 1. The van der Waals surface area contributed by atoms with E-state index in [9.17, 15) is 4.79 Å². The lowest BCUT2D eigenvalue weighted by Gasteiger charge is -2.26. The van der Waals surface area contributed by atoms with Gasteiger partial charge in [-0.2, -0.15) is 0 Å². The van der Waals surface area contributed by atoms with E-state index in [4.69, 9.17) is 4.74 Å². The molecule has 26 heavy (non-hydrogen) atoms. The lowest BCUT2D eigenvalue weighted by Crippen LogP contribution is -2.35. The van der Waals surface area contributed by atoms with Crippen molar-refractivity contribution >= 4 is 39.3 Å². The highest BCUT2D eigenvalue weighted by molar-refractivity contribution is 9.10. The van der Waals surface area contributed by atoms with Crippen molar-refractivity contribution in [3.05, 3.63) is 58.6 Å². The Morgan fingerprint density at radius 2 is 1.92 bits per heavy atom. The number of carbonyl (C=O) groups is 1. The second kappa shape index (κ2) is 10.1. The van der Waals surface area contributed by atoms with Crippen molar-refractivity contribution < 1.29 is 9.53 Å². The molecule has 0 bridgehead atoms. The Labute approximate surface area is 167 Å². The number of hydrogen-bond acceptors (Lipinski definition) is 4. The lowest BCUT2D eigenvalue weighted by molar-refractivity contribution is -0.115. The van der Waals surface area contributed by atoms with Crippen molar-refractivity contribution in [2.24, 2.45) is 0 Å². The van der Waals surface area contributed by atoms with Crippen LogP contribution >= 0.6 is 27.7 Å². The Bertz CT molecular complexity index is 718. The van der Waals surface area contributed by atoms with Gasteiger partial charge in [0.05, 0.1) is 13.2 Å². The molecule has 2 aromatic carbocycles. The predicted octanol–water partition coefficient (Wildman–Crippen LogP) is 4.40. The minimum Gasteiger partial charge on any atom is -0.379 e. The lowest BCUT2D eigenvalue weighted by atomic mass is 10.2. The third-order valence-corrected chi connectivity index (χ3v) is 5.67. The maximum atomic E-state index is 12.2. The van der Waals surface area contributed by atoms with E-state index in [-0.39, 0.29) is 5.91 Å². The summed E-state index contributed by atoms with van der Waals surface area (Å²) in [5.41, 5.74) is 2.09. The van der Waals surface area contributed by atoms with Gasteiger partial charge in [0, 0.05) is 46.9 Å². The van der Waals surface area contributed by atoms with Gasteiger partial charge in [-0.1, -0.05) is 28.1 Å². The Balaban J connectivity index is 1.44. The van der Waals surface area contributed by atoms with E-state index in [1.54, 1.807) is 11.8 Å². The Kier molecular flexibility index (Phi) is 7.55. The number of benzene rings is 2. The molecule has 1 saturated heterocycles. The highest BCUT2D eigenvalue weighted by atomic mass is 79.9. The van der Waals surface area contributed by atoms with Gasteiger partial charge in [-0.25, -0.2) is 0 Å². The molecular formula is C20H23BrN2O2S. The van der Waals surface area contributed by atoms with E-state index in [1.165, 1.54) is 10.5 Å². The first-order chi connectivity index (χ1) is 12.7. The number of thioether (sulfide) groups is 1. The Morgan fingerprint density at radius 1 is 1.15 bits per heavy atom. The molecule has 3 rings (SSSR count). The molecular weight excluding hydrogens is 412 g/mol. The average Bonchev–Trinajstić information content (AvgIpc) is 2.64. The van der Waals surface area contributed by atoms with Gasteiger partial charge in [0.2, 0.25) is 5.91 Å². The van der Waals surface area contributed by atoms with Crippen LogP contribution in [-0.4, -0.2) is 42.9 Å². The van der Waals surface area contributed by atoms with Crippen molar-refractivity contribution in [3.8, 4) is 0 Å². The number of ether oxygens (including phenoxy) is 1. The van der Waals surface area contributed by atoms with E-state index in [1.807, 2.05) is 24.3 Å². The molecule has 0 atom stereocenters. The minimum absolute atomic E-state index is 0.0538. The van der Waals surface area contributed by atoms with Crippen LogP contribution in [0.2, 0.25) is 0 Å². The summed E-state index contributed by atoms with van der Waals surface area (Å²) in [4.78, 5) is 15.7. The van der Waals surface area contributed by atoms with Crippen molar-refractivity contribution in [2.45, 2.75) is 17.9 Å². The number of nitrogens with one attached hydrogen (secondary N) is 1. The molecule has 0 radical (unpaired) electrons. The van der Waals surface area contributed by atoms with Crippen molar-refractivity contribution in [2.75, 3.05) is 37.4 Å². The third-order valence-electron chi connectivity index (χ3n) is 4.13. The molecule has 6 heteroatoms. The fourth-order valence-electron chi connectivity index (χ4n) is 2.78. The van der Waals surface area contributed by atoms with Crippen LogP contribution in [0.3, 0.4) is 0 Å². The molecule has 4 nitrogen and oxygen atoms in total. The first kappa shape index (κ1) is 19.4. The standard InChI is InChI=1S/C20H23BrN2O2S/c21-17-4-6-19(7-5-17)26-13-8-20(24)22-18-3-1-2-16(14-18)15-23-9-11-25-12-10-23/h1-7,14H,8-13,15H2,(H,22,24). The number of rotatable bonds is 7. The minimum atomic E-state index is 0.0538. The molecule has 0 aliphatic carbocycles. The van der Waals surface area contributed by atoms with Gasteiger partial charge >= 0.3 is 0 Å². The van der Waals surface area contributed by atoms with Gasteiger partial charge in [-0.15, -0.1) is 11.8 Å². The van der Waals surface area contributed by atoms with E-state index in [0.717, 1.165) is 48.8 Å². The van der Waals surface area contributed by atoms with Gasteiger partial charge in [-0.05, 0) is 42.0 Å².